The van der Waals surface area contributed by atoms with Crippen molar-refractivity contribution in [1.82, 2.24) is 5.32 Å². The zero-order chi connectivity index (χ0) is 11.8. The van der Waals surface area contributed by atoms with E-state index in [2.05, 4.69) is 19.2 Å². The fraction of sp³-hybridized carbons (Fsp3) is 1.00. The van der Waals surface area contributed by atoms with Gasteiger partial charge in [0.05, 0.1) is 0 Å². The zero-order valence-corrected chi connectivity index (χ0v) is 7.89. The summed E-state index contributed by atoms with van der Waals surface area (Å²) in [6.45, 7) is 3.69. The summed E-state index contributed by atoms with van der Waals surface area (Å²) < 4.78 is 65.6. The summed E-state index contributed by atoms with van der Waals surface area (Å²) in [6, 6.07) is 0. The van der Waals surface area contributed by atoms with Crippen molar-refractivity contribution in [2.75, 3.05) is 19.8 Å². The molecule has 0 atom stereocenters. The monoisotopic (exact) mass is 225 g/mol. The second kappa shape index (κ2) is 6.92. The Morgan fingerprint density at radius 1 is 0.929 bits per heavy atom. The molecule has 0 heterocycles. The van der Waals surface area contributed by atoms with E-state index >= 15 is 0 Å². The van der Waals surface area contributed by atoms with Crippen LogP contribution in [-0.2, 0) is 0 Å². The van der Waals surface area contributed by atoms with Gasteiger partial charge in [-0.2, -0.15) is 22.0 Å². The van der Waals surface area contributed by atoms with Crippen molar-refractivity contribution in [3.8, 4) is 0 Å². The molecule has 0 bridgehead atoms. The van der Waals surface area contributed by atoms with Crippen LogP contribution in [0.5, 0.6) is 0 Å². The lowest BCUT2D eigenvalue weighted by Gasteiger charge is -2.14. The molecule has 7 heteroatoms. The average molecular weight is 225 g/mol. The fourth-order valence-electron chi connectivity index (χ4n) is 0.326. The quantitative estimate of drug-likeness (QED) is 0.728. The number of nitrogens with one attached hydrogen (secondary N) is 1. The van der Waals surface area contributed by atoms with Crippen molar-refractivity contribution in [2.45, 2.75) is 25.9 Å². The van der Waals surface area contributed by atoms with E-state index in [9.17, 15) is 26.3 Å². The Hall–Kier alpha value is -0.460. The van der Waals surface area contributed by atoms with E-state index < -0.39 is 18.8 Å². The van der Waals surface area contributed by atoms with E-state index in [-0.39, 0.29) is 0 Å². The lowest BCUT2D eigenvalue weighted by atomic mass is 10.4. The topological polar surface area (TPSA) is 12.0 Å². The van der Waals surface area contributed by atoms with Crippen LogP contribution in [0.4, 0.5) is 26.3 Å². The Bertz CT molecular complexity index is 131. The Balaban J connectivity index is 0. The smallest absolute Gasteiger partial charge is 0.317 e. The van der Waals surface area contributed by atoms with Crippen LogP contribution >= 0.6 is 0 Å². The summed E-state index contributed by atoms with van der Waals surface area (Å²) in [5, 5.41) is 3.11. The third kappa shape index (κ3) is 6.99. The van der Waals surface area contributed by atoms with E-state index in [4.69, 9.17) is 0 Å². The molecule has 0 saturated carbocycles. The van der Waals surface area contributed by atoms with Crippen molar-refractivity contribution in [3.63, 3.8) is 0 Å². The lowest BCUT2D eigenvalue weighted by molar-refractivity contribution is -0.286. The summed E-state index contributed by atoms with van der Waals surface area (Å²) in [4.78, 5) is 0. The molecule has 1 nitrogen and oxygen atoms in total. The van der Waals surface area contributed by atoms with Gasteiger partial charge >= 0.3 is 12.1 Å². The molecule has 1 N–H and O–H groups in total. The number of halogens is 6. The predicted molar refractivity (Wildman–Crippen MR) is 41.2 cm³/mol. The molecular weight excluding hydrogens is 212 g/mol. The van der Waals surface area contributed by atoms with E-state index in [0.717, 1.165) is 13.1 Å². The summed E-state index contributed by atoms with van der Waals surface area (Å²) in [6.07, 6.45) is -5.76. The van der Waals surface area contributed by atoms with Gasteiger partial charge in [0.2, 0.25) is 0 Å². The largest absolute Gasteiger partial charge is 0.456 e. The van der Waals surface area contributed by atoms with Crippen molar-refractivity contribution < 1.29 is 26.3 Å². The molecule has 0 radical (unpaired) electrons. The molecule has 0 aliphatic heterocycles. The standard InChI is InChI=1S/C4H11N.C3H2F6/c1-3-5-4-2;4-1-2(5,6)3(7,8)9/h5H,3-4H2,1-2H3;1H2. The van der Waals surface area contributed by atoms with Crippen LogP contribution in [-0.4, -0.2) is 31.9 Å². The highest BCUT2D eigenvalue weighted by molar-refractivity contribution is 4.73. The Kier molecular flexibility index (Phi) is 7.90. The first-order chi connectivity index (χ1) is 6.22. The summed E-state index contributed by atoms with van der Waals surface area (Å²) in [5.74, 6) is -5.19. The first kappa shape index (κ1) is 16.0. The van der Waals surface area contributed by atoms with Gasteiger partial charge in [-0.25, -0.2) is 4.39 Å². The van der Waals surface area contributed by atoms with E-state index in [1.54, 1.807) is 0 Å². The molecule has 14 heavy (non-hydrogen) atoms. The van der Waals surface area contributed by atoms with Gasteiger partial charge in [-0.1, -0.05) is 13.8 Å². The molecular formula is C7H13F6N. The molecule has 0 rings (SSSR count). The zero-order valence-electron chi connectivity index (χ0n) is 7.89. The SMILES string of the molecule is CCNCC.FCC(F)(F)C(F)(F)F. The molecule has 0 aliphatic carbocycles. The van der Waals surface area contributed by atoms with Gasteiger partial charge in [-0.15, -0.1) is 0 Å². The maximum absolute atomic E-state index is 11.2. The van der Waals surface area contributed by atoms with Crippen LogP contribution in [0.2, 0.25) is 0 Å². The number of hydrogen-bond acceptors (Lipinski definition) is 1. The molecule has 0 amide bonds. The van der Waals surface area contributed by atoms with Gasteiger partial charge in [-0.3, -0.25) is 0 Å². The molecule has 0 fully saturated rings. The van der Waals surface area contributed by atoms with E-state index in [0.29, 0.717) is 0 Å². The number of alkyl halides is 6. The summed E-state index contributed by atoms with van der Waals surface area (Å²) in [5.41, 5.74) is 0. The summed E-state index contributed by atoms with van der Waals surface area (Å²) in [7, 11) is 0. The fourth-order valence-corrected chi connectivity index (χ4v) is 0.326. The lowest BCUT2D eigenvalue weighted by Crippen LogP contribution is -2.38. The Morgan fingerprint density at radius 3 is 1.29 bits per heavy atom. The molecule has 88 valence electrons. The highest BCUT2D eigenvalue weighted by Gasteiger charge is 2.57. The van der Waals surface area contributed by atoms with Gasteiger partial charge in [0, 0.05) is 0 Å². The summed E-state index contributed by atoms with van der Waals surface area (Å²) >= 11 is 0. The number of hydrogen-bond donors (Lipinski definition) is 1. The maximum Gasteiger partial charge on any atom is 0.456 e. The highest BCUT2D eigenvalue weighted by atomic mass is 19.4. The van der Waals surface area contributed by atoms with Crippen molar-refractivity contribution in [1.29, 1.82) is 0 Å². The molecule has 0 aromatic rings. The second-order valence-corrected chi connectivity index (χ2v) is 2.29. The van der Waals surface area contributed by atoms with Crippen molar-refractivity contribution >= 4 is 0 Å². The molecule has 0 aromatic carbocycles. The molecule has 0 aliphatic rings. The van der Waals surface area contributed by atoms with Gasteiger partial charge in [0.1, 0.15) is 0 Å². The second-order valence-electron chi connectivity index (χ2n) is 2.29. The number of rotatable bonds is 3. The Morgan fingerprint density at radius 2 is 1.29 bits per heavy atom. The molecule has 0 saturated heterocycles. The van der Waals surface area contributed by atoms with Crippen LogP contribution < -0.4 is 5.32 Å². The van der Waals surface area contributed by atoms with Gasteiger partial charge in [-0.05, 0) is 13.1 Å². The predicted octanol–water partition coefficient (Wildman–Crippen LogP) is 2.77. The van der Waals surface area contributed by atoms with Crippen LogP contribution in [0.3, 0.4) is 0 Å². The van der Waals surface area contributed by atoms with Gasteiger partial charge < -0.3 is 5.32 Å². The van der Waals surface area contributed by atoms with Crippen LogP contribution in [0, 0.1) is 0 Å². The van der Waals surface area contributed by atoms with E-state index in [1.165, 1.54) is 0 Å². The van der Waals surface area contributed by atoms with Crippen LogP contribution in [0.15, 0.2) is 0 Å². The van der Waals surface area contributed by atoms with Crippen LogP contribution in [0.1, 0.15) is 13.8 Å². The third-order valence-electron chi connectivity index (χ3n) is 1.08. The first-order valence-electron chi connectivity index (χ1n) is 3.94. The first-order valence-corrected chi connectivity index (χ1v) is 3.94. The van der Waals surface area contributed by atoms with Crippen molar-refractivity contribution in [3.05, 3.63) is 0 Å². The molecule has 0 spiro atoms. The third-order valence-corrected chi connectivity index (χ3v) is 1.08. The minimum Gasteiger partial charge on any atom is -0.317 e. The molecule has 0 aromatic heterocycles. The minimum absolute atomic E-state index is 1.09. The molecule has 0 unspecified atom stereocenters. The average Bonchev–Trinajstić information content (AvgIpc) is 2.05. The Labute approximate surface area is 78.5 Å². The maximum atomic E-state index is 11.2. The van der Waals surface area contributed by atoms with E-state index in [1.807, 2.05) is 0 Å². The minimum atomic E-state index is -5.76. The van der Waals surface area contributed by atoms with Crippen LogP contribution in [0.25, 0.3) is 0 Å². The van der Waals surface area contributed by atoms with Crippen molar-refractivity contribution in [2.24, 2.45) is 0 Å². The van der Waals surface area contributed by atoms with Gasteiger partial charge in [0.25, 0.3) is 0 Å². The van der Waals surface area contributed by atoms with Gasteiger partial charge in [0.15, 0.2) is 6.67 Å². The highest BCUT2D eigenvalue weighted by Crippen LogP contribution is 2.35. The normalized spacial score (nSPS) is 12.0.